The Hall–Kier alpha value is -3.79. The lowest BCUT2D eigenvalue weighted by Gasteiger charge is -2.35. The van der Waals surface area contributed by atoms with E-state index in [1.54, 1.807) is 35.9 Å². The molecule has 0 radical (unpaired) electrons. The summed E-state index contributed by atoms with van der Waals surface area (Å²) in [4.78, 5) is 35.1. The van der Waals surface area contributed by atoms with Crippen LogP contribution in [0.2, 0.25) is 5.02 Å². The molecule has 0 unspecified atom stereocenters. The number of hydrogen-bond acceptors (Lipinski definition) is 5. The molecule has 11 heteroatoms. The number of nitrogens with one attached hydrogen (secondary N) is 2. The molecule has 2 aliphatic carbocycles. The minimum atomic E-state index is -2.60. The van der Waals surface area contributed by atoms with Crippen LogP contribution >= 0.6 is 11.6 Å². The van der Waals surface area contributed by atoms with Crippen LogP contribution in [-0.2, 0) is 6.54 Å². The molecule has 0 atom stereocenters. The lowest BCUT2D eigenvalue weighted by atomic mass is 9.85. The Morgan fingerprint density at radius 1 is 1.02 bits per heavy atom. The number of rotatable bonds is 7. The van der Waals surface area contributed by atoms with Gasteiger partial charge < -0.3 is 10.6 Å². The SMILES string of the molecule is Cc1ncc(Cl)cc1C(=O)N[C@H]1CC[C@H](Cn2c(=O)n(-c3ccc(NC4CC(F)(F)C4)nc3)c3ccccc32)CC1. The first-order chi connectivity index (χ1) is 19.7. The predicted octanol–water partition coefficient (Wildman–Crippen LogP) is 5.74. The molecule has 4 aromatic rings. The van der Waals surface area contributed by atoms with Gasteiger partial charge in [-0.2, -0.15) is 0 Å². The second kappa shape index (κ2) is 10.9. The van der Waals surface area contributed by atoms with Crippen molar-refractivity contribution >= 4 is 34.4 Å². The number of halogens is 3. The number of carbonyl (C=O) groups is 1. The largest absolute Gasteiger partial charge is 0.367 e. The fraction of sp³-hybridized carbons (Fsp3) is 0.400. The molecule has 0 saturated heterocycles. The van der Waals surface area contributed by atoms with Gasteiger partial charge in [0.25, 0.3) is 11.8 Å². The van der Waals surface area contributed by atoms with E-state index in [-0.39, 0.29) is 36.5 Å². The van der Waals surface area contributed by atoms with Crippen molar-refractivity contribution in [2.24, 2.45) is 5.92 Å². The molecule has 41 heavy (non-hydrogen) atoms. The van der Waals surface area contributed by atoms with Gasteiger partial charge in [0.1, 0.15) is 5.82 Å². The van der Waals surface area contributed by atoms with Gasteiger partial charge in [-0.15, -0.1) is 0 Å². The highest BCUT2D eigenvalue weighted by Crippen LogP contribution is 2.38. The highest BCUT2D eigenvalue weighted by Gasteiger charge is 2.45. The van der Waals surface area contributed by atoms with Crippen LogP contribution in [0, 0.1) is 12.8 Å². The van der Waals surface area contributed by atoms with Gasteiger partial charge in [0.15, 0.2) is 0 Å². The second-order valence-electron chi connectivity index (χ2n) is 11.2. The summed E-state index contributed by atoms with van der Waals surface area (Å²) in [5.74, 6) is -1.97. The van der Waals surface area contributed by atoms with Gasteiger partial charge in [0.05, 0.1) is 39.2 Å². The van der Waals surface area contributed by atoms with E-state index in [0.29, 0.717) is 40.2 Å². The minimum absolute atomic E-state index is 0.0551. The Morgan fingerprint density at radius 2 is 1.76 bits per heavy atom. The van der Waals surface area contributed by atoms with Crippen LogP contribution in [0.5, 0.6) is 0 Å². The summed E-state index contributed by atoms with van der Waals surface area (Å²) in [6.45, 7) is 2.36. The molecule has 2 fully saturated rings. The van der Waals surface area contributed by atoms with E-state index in [4.69, 9.17) is 11.6 Å². The summed E-state index contributed by atoms with van der Waals surface area (Å²) in [6.07, 6.45) is 6.14. The van der Waals surface area contributed by atoms with E-state index < -0.39 is 5.92 Å². The summed E-state index contributed by atoms with van der Waals surface area (Å²) >= 11 is 6.03. The number of anilines is 1. The van der Waals surface area contributed by atoms with E-state index in [9.17, 15) is 18.4 Å². The number of pyridine rings is 2. The number of imidazole rings is 1. The Kier molecular flexibility index (Phi) is 7.27. The topological polar surface area (TPSA) is 93.8 Å². The average molecular weight is 581 g/mol. The van der Waals surface area contributed by atoms with Crippen molar-refractivity contribution in [3.8, 4) is 5.69 Å². The molecule has 8 nitrogen and oxygen atoms in total. The third kappa shape index (κ3) is 5.70. The lowest BCUT2D eigenvalue weighted by molar-refractivity contribution is -0.0794. The maximum absolute atomic E-state index is 13.7. The van der Waals surface area contributed by atoms with Crippen LogP contribution in [-0.4, -0.2) is 43.0 Å². The number of aryl methyl sites for hydroxylation is 1. The third-order valence-corrected chi connectivity index (χ3v) is 8.41. The van der Waals surface area contributed by atoms with E-state index in [0.717, 1.165) is 36.7 Å². The average Bonchev–Trinajstić information content (AvgIpc) is 3.21. The normalized spacial score (nSPS) is 20.5. The number of carbonyl (C=O) groups excluding carboxylic acids is 1. The Balaban J connectivity index is 1.14. The van der Waals surface area contributed by atoms with Crippen LogP contribution in [0.15, 0.2) is 59.7 Å². The van der Waals surface area contributed by atoms with Gasteiger partial charge in [-0.25, -0.2) is 18.6 Å². The summed E-state index contributed by atoms with van der Waals surface area (Å²) < 4.78 is 29.8. The highest BCUT2D eigenvalue weighted by atomic mass is 35.5. The van der Waals surface area contributed by atoms with Crippen molar-refractivity contribution in [2.75, 3.05) is 5.32 Å². The molecule has 1 amide bonds. The summed E-state index contributed by atoms with van der Waals surface area (Å²) in [5.41, 5.74) is 3.22. The van der Waals surface area contributed by atoms with Crippen molar-refractivity contribution in [3.63, 3.8) is 0 Å². The Bertz CT molecular complexity index is 1640. The van der Waals surface area contributed by atoms with E-state index in [1.807, 2.05) is 28.8 Å². The van der Waals surface area contributed by atoms with Crippen molar-refractivity contribution in [1.29, 1.82) is 0 Å². The first-order valence-electron chi connectivity index (χ1n) is 13.9. The van der Waals surface area contributed by atoms with Crippen LogP contribution in [0.3, 0.4) is 0 Å². The highest BCUT2D eigenvalue weighted by molar-refractivity contribution is 6.30. The monoisotopic (exact) mass is 580 g/mol. The van der Waals surface area contributed by atoms with Gasteiger partial charge in [-0.05, 0) is 68.9 Å². The molecule has 0 aliphatic heterocycles. The minimum Gasteiger partial charge on any atom is -0.367 e. The maximum Gasteiger partial charge on any atom is 0.333 e. The maximum atomic E-state index is 13.7. The Morgan fingerprint density at radius 3 is 2.44 bits per heavy atom. The molecule has 214 valence electrons. The van der Waals surface area contributed by atoms with Gasteiger partial charge in [0, 0.05) is 37.7 Å². The lowest BCUT2D eigenvalue weighted by Crippen LogP contribution is -2.44. The standard InChI is InChI=1S/C30H31ClF2N6O2/c1-18-24(12-20(31)15-34-18)28(40)37-21-8-6-19(7-9-21)17-38-25-4-2-3-5-26(25)39(29(38)41)23-10-11-27(35-16-23)36-22-13-30(32,33)14-22/h2-5,10-12,15-16,19,21-22H,6-9,13-14,17H2,1H3,(H,35,36)(H,37,40)/t19-,21-. The van der Waals surface area contributed by atoms with Crippen molar-refractivity contribution in [3.05, 3.63) is 81.6 Å². The van der Waals surface area contributed by atoms with Crippen LogP contribution < -0.4 is 16.3 Å². The Labute approximate surface area is 240 Å². The molecule has 3 aromatic heterocycles. The summed E-state index contributed by atoms with van der Waals surface area (Å²) in [7, 11) is 0. The number of nitrogens with zero attached hydrogens (tertiary/aromatic N) is 4. The summed E-state index contributed by atoms with van der Waals surface area (Å²) in [6, 6.07) is 12.6. The number of hydrogen-bond donors (Lipinski definition) is 2. The predicted molar refractivity (Wildman–Crippen MR) is 154 cm³/mol. The number of amides is 1. The number of alkyl halides is 2. The summed E-state index contributed by atoms with van der Waals surface area (Å²) in [5, 5.41) is 6.59. The van der Waals surface area contributed by atoms with E-state index >= 15 is 0 Å². The molecular formula is C30H31ClF2N6O2. The first-order valence-corrected chi connectivity index (χ1v) is 14.3. The van der Waals surface area contributed by atoms with Gasteiger partial charge in [-0.1, -0.05) is 23.7 Å². The fourth-order valence-electron chi connectivity index (χ4n) is 5.96. The number of para-hydroxylation sites is 2. The molecule has 6 rings (SSSR count). The number of benzene rings is 1. The van der Waals surface area contributed by atoms with Gasteiger partial charge >= 0.3 is 5.69 Å². The molecule has 1 aromatic carbocycles. The zero-order valence-corrected chi connectivity index (χ0v) is 23.4. The molecule has 2 aliphatic rings. The quantitative estimate of drug-likeness (QED) is 0.291. The van der Waals surface area contributed by atoms with Crippen LogP contribution in [0.25, 0.3) is 16.7 Å². The molecule has 3 heterocycles. The van der Waals surface area contributed by atoms with Gasteiger partial charge in [-0.3, -0.25) is 18.9 Å². The molecule has 0 bridgehead atoms. The zero-order valence-electron chi connectivity index (χ0n) is 22.6. The van der Waals surface area contributed by atoms with E-state index in [1.165, 1.54) is 6.20 Å². The third-order valence-electron chi connectivity index (χ3n) is 8.20. The molecule has 0 spiro atoms. The fourth-order valence-corrected chi connectivity index (χ4v) is 6.12. The second-order valence-corrected chi connectivity index (χ2v) is 11.6. The number of aromatic nitrogens is 4. The molecule has 2 N–H and O–H groups in total. The van der Waals surface area contributed by atoms with E-state index in [2.05, 4.69) is 20.6 Å². The van der Waals surface area contributed by atoms with Crippen LogP contribution in [0.4, 0.5) is 14.6 Å². The number of fused-ring (bicyclic) bond motifs is 1. The molecular weight excluding hydrogens is 550 g/mol. The van der Waals surface area contributed by atoms with Crippen molar-refractivity contribution < 1.29 is 13.6 Å². The van der Waals surface area contributed by atoms with Crippen molar-refractivity contribution in [1.82, 2.24) is 24.4 Å². The first kappa shape index (κ1) is 27.4. The zero-order chi connectivity index (χ0) is 28.7. The smallest absolute Gasteiger partial charge is 0.333 e. The van der Waals surface area contributed by atoms with Gasteiger partial charge in [0.2, 0.25) is 0 Å². The van der Waals surface area contributed by atoms with Crippen LogP contribution in [0.1, 0.15) is 54.6 Å². The molecule has 2 saturated carbocycles. The van der Waals surface area contributed by atoms with Crippen molar-refractivity contribution in [2.45, 2.75) is 70.0 Å².